The highest BCUT2D eigenvalue weighted by Gasteiger charge is 2.25. The number of carbonyl (C=O) groups excluding carboxylic acids is 2. The van der Waals surface area contributed by atoms with Gasteiger partial charge >= 0.3 is 0 Å². The number of benzene rings is 6. The molecule has 2 aliphatic heterocycles. The quantitative estimate of drug-likeness (QED) is 0.0303. The van der Waals surface area contributed by atoms with E-state index >= 15 is 0 Å². The van der Waals surface area contributed by atoms with Gasteiger partial charge in [-0.25, -0.2) is 9.97 Å². The summed E-state index contributed by atoms with van der Waals surface area (Å²) in [6.07, 6.45) is 26.1. The minimum absolute atomic E-state index is 0.0465. The maximum atomic E-state index is 14.0. The van der Waals surface area contributed by atoms with Gasteiger partial charge in [-0.05, 0) is 215 Å². The lowest BCUT2D eigenvalue weighted by atomic mass is 9.86. The fourth-order valence-corrected chi connectivity index (χ4v) is 14.7. The summed E-state index contributed by atoms with van der Waals surface area (Å²) in [5.41, 5.74) is 18.0. The van der Waals surface area contributed by atoms with Crippen molar-refractivity contribution < 1.29 is 28.5 Å². The molecule has 2 amide bonds. The van der Waals surface area contributed by atoms with Crippen LogP contribution in [0.1, 0.15) is 254 Å². The lowest BCUT2D eigenvalue weighted by molar-refractivity contribution is 0.101. The molecule has 12 nitrogen and oxygen atoms in total. The molecule has 0 spiro atoms. The van der Waals surface area contributed by atoms with Crippen LogP contribution in [-0.4, -0.2) is 58.2 Å². The summed E-state index contributed by atoms with van der Waals surface area (Å²) in [6.45, 7) is 33.4. The van der Waals surface area contributed by atoms with Gasteiger partial charge in [0.1, 0.15) is 0 Å². The summed E-state index contributed by atoms with van der Waals surface area (Å²) in [6, 6.07) is 53.3. The number of aromatic nitrogens is 4. The molecular formula is C98H120N6O6. The first-order valence-corrected chi connectivity index (χ1v) is 41.2. The molecule has 0 aliphatic carbocycles. The Balaban J connectivity index is 1.15. The molecule has 0 saturated carbocycles. The molecule has 578 valence electrons. The largest absolute Gasteiger partial charge is 0.489 e. The number of rotatable bonds is 36. The van der Waals surface area contributed by atoms with Crippen molar-refractivity contribution in [3.05, 3.63) is 203 Å². The lowest BCUT2D eigenvalue weighted by Crippen LogP contribution is -2.14. The third-order valence-electron chi connectivity index (χ3n) is 22.2. The monoisotopic (exact) mass is 1480 g/mol. The van der Waals surface area contributed by atoms with Gasteiger partial charge in [0.25, 0.3) is 11.8 Å². The zero-order valence-corrected chi connectivity index (χ0v) is 68.1. The Morgan fingerprint density at radius 3 is 0.891 bits per heavy atom. The molecule has 5 heterocycles. The minimum atomic E-state index is -0.185. The van der Waals surface area contributed by atoms with E-state index in [1.54, 1.807) is 0 Å². The topological polar surface area (TPSA) is 152 Å². The van der Waals surface area contributed by atoms with E-state index in [2.05, 4.69) is 227 Å². The second kappa shape index (κ2) is 38.1. The summed E-state index contributed by atoms with van der Waals surface area (Å²) in [4.78, 5) is 47.4. The first-order valence-electron chi connectivity index (χ1n) is 41.2. The van der Waals surface area contributed by atoms with Crippen LogP contribution in [0.4, 0.5) is 11.4 Å². The van der Waals surface area contributed by atoms with Gasteiger partial charge in [0.15, 0.2) is 23.0 Å². The second-order valence-corrected chi connectivity index (χ2v) is 32.5. The molecule has 4 N–H and O–H groups in total. The number of anilines is 2. The Labute approximate surface area is 655 Å². The number of H-pyrrole nitrogens is 2. The number of aromatic amines is 2. The van der Waals surface area contributed by atoms with Crippen LogP contribution < -0.4 is 29.6 Å². The van der Waals surface area contributed by atoms with Gasteiger partial charge in [0.05, 0.1) is 49.2 Å². The van der Waals surface area contributed by atoms with E-state index in [9.17, 15) is 9.59 Å². The molecule has 110 heavy (non-hydrogen) atoms. The lowest BCUT2D eigenvalue weighted by Gasteiger charge is -2.21. The number of unbranched alkanes of at least 4 members (excludes halogenated alkanes) is 4. The van der Waals surface area contributed by atoms with Crippen LogP contribution in [0.3, 0.4) is 0 Å². The third-order valence-corrected chi connectivity index (χ3v) is 22.2. The van der Waals surface area contributed by atoms with Crippen molar-refractivity contribution in [1.29, 1.82) is 0 Å². The second-order valence-electron chi connectivity index (χ2n) is 32.5. The van der Waals surface area contributed by atoms with Crippen molar-refractivity contribution >= 4 is 69.6 Å². The van der Waals surface area contributed by atoms with Gasteiger partial charge in [-0.3, -0.25) is 9.59 Å². The molecule has 4 atom stereocenters. The van der Waals surface area contributed by atoms with Gasteiger partial charge in [0.2, 0.25) is 0 Å². The molecule has 4 unspecified atom stereocenters. The van der Waals surface area contributed by atoms with Gasteiger partial charge in [-0.1, -0.05) is 235 Å². The van der Waals surface area contributed by atoms with E-state index in [-0.39, 0.29) is 22.6 Å². The number of nitrogens with zero attached hydrogens (tertiary/aromatic N) is 2. The first-order chi connectivity index (χ1) is 53.2. The normalized spacial score (nSPS) is 13.2. The van der Waals surface area contributed by atoms with Gasteiger partial charge in [0, 0.05) is 66.8 Å². The summed E-state index contributed by atoms with van der Waals surface area (Å²) in [5, 5.41) is 6.37. The van der Waals surface area contributed by atoms with E-state index in [4.69, 9.17) is 28.9 Å². The summed E-state index contributed by atoms with van der Waals surface area (Å²) >= 11 is 0. The van der Waals surface area contributed by atoms with Crippen molar-refractivity contribution in [2.24, 2.45) is 23.7 Å². The minimum Gasteiger partial charge on any atom is -0.489 e. The van der Waals surface area contributed by atoms with E-state index in [1.165, 1.54) is 0 Å². The third kappa shape index (κ3) is 20.5. The van der Waals surface area contributed by atoms with E-state index in [1.807, 2.05) is 72.8 Å². The Morgan fingerprint density at radius 2 is 0.618 bits per heavy atom. The summed E-state index contributed by atoms with van der Waals surface area (Å²) in [7, 11) is 0. The molecular weight excluding hydrogens is 1360 g/mol. The fraction of sp³-hybridized carbons (Fsp3) is 0.408. The Kier molecular flexibility index (Phi) is 28.1. The van der Waals surface area contributed by atoms with Crippen LogP contribution in [0.15, 0.2) is 158 Å². The zero-order chi connectivity index (χ0) is 77.9. The first kappa shape index (κ1) is 81.1. The predicted molar refractivity (Wildman–Crippen MR) is 462 cm³/mol. The molecule has 8 bridgehead atoms. The smallest absolute Gasteiger partial charge is 0.255 e. The van der Waals surface area contributed by atoms with Crippen molar-refractivity contribution in [3.63, 3.8) is 0 Å². The molecule has 9 aromatic rings. The Hall–Kier alpha value is -9.94. The predicted octanol–water partition coefficient (Wildman–Crippen LogP) is 26.8. The number of fused-ring (bicyclic) bond motifs is 8. The van der Waals surface area contributed by atoms with E-state index < -0.39 is 0 Å². The van der Waals surface area contributed by atoms with E-state index in [0.717, 1.165) is 215 Å². The molecule has 0 radical (unpaired) electrons. The summed E-state index contributed by atoms with van der Waals surface area (Å²) < 4.78 is 27.8. The van der Waals surface area contributed by atoms with Gasteiger partial charge in [-0.2, -0.15) is 0 Å². The van der Waals surface area contributed by atoms with Gasteiger partial charge < -0.3 is 39.5 Å². The number of nitrogens with one attached hydrogen (secondary N) is 4. The van der Waals surface area contributed by atoms with Gasteiger partial charge in [-0.15, -0.1) is 0 Å². The SMILES string of the molecule is CCCCC(CC)COc1ccc(-c2c3nc(c(-c4ccc(NC(=O)c5ccc(C(C)(C)C)cc5)cc4)c4ccc([nH]4)c(-c4ccc(OCC(CC)CCCC)c(OCC(CC)CCCC)c4)c4nc(c(-c5ccc(NC(=O)c6ccc(C(C)(C)C)cc6)cc5)c5ccc2[nH]5)C=C4)C=C3)cc1OCC(CC)CCCC. The van der Waals surface area contributed by atoms with Crippen molar-refractivity contribution in [2.45, 2.75) is 210 Å². The highest BCUT2D eigenvalue weighted by molar-refractivity contribution is 6.06. The average molecular weight is 1480 g/mol. The van der Waals surface area contributed by atoms with Crippen LogP contribution in [0.25, 0.3) is 90.9 Å². The molecule has 11 rings (SSSR count). The van der Waals surface area contributed by atoms with Crippen LogP contribution >= 0.6 is 0 Å². The summed E-state index contributed by atoms with van der Waals surface area (Å²) in [5.74, 6) is 4.09. The van der Waals surface area contributed by atoms with Crippen LogP contribution in [-0.2, 0) is 10.8 Å². The van der Waals surface area contributed by atoms with E-state index in [0.29, 0.717) is 84.1 Å². The van der Waals surface area contributed by atoms with Crippen LogP contribution in [0.5, 0.6) is 23.0 Å². The highest BCUT2D eigenvalue weighted by atomic mass is 16.5. The fourth-order valence-electron chi connectivity index (χ4n) is 14.7. The number of hydrogen-bond acceptors (Lipinski definition) is 8. The van der Waals surface area contributed by atoms with Crippen molar-refractivity contribution in [3.8, 4) is 67.5 Å². The number of amides is 2. The number of hydrogen-bond donors (Lipinski definition) is 4. The molecule has 0 fully saturated rings. The van der Waals surface area contributed by atoms with Crippen molar-refractivity contribution in [2.75, 3.05) is 37.1 Å². The standard InChI is InChI=1S/C98H120N6O6/c1-15-23-27-65(19-5)61-107-87-57-39-73(59-89(87)109-63-67(21-7)29-25-17-3)93-83-53-49-79(101-83)91(69-35-45-77(46-36-69)99-95(105)71-31-41-75(42-32-71)97(9,10)11)81-51-55-85(103-81)94(74-40-58-88(108-62-66(20-6)28-24-16-2)90(60-74)110-64-68(22-8)30-26-18-4)86-56-52-82(104-86)92(80-50-54-84(93)102-80)70-37-47-78(48-38-70)100-96(106)72-33-43-76(44-34-72)98(12,13)14/h31-60,65-68,101,104H,15-30,61-64H2,1-14H3,(H,99,105)(H,100,106). The van der Waals surface area contributed by atoms with Crippen LogP contribution in [0, 0.1) is 23.7 Å². The molecule has 3 aromatic heterocycles. The van der Waals surface area contributed by atoms with Crippen LogP contribution in [0.2, 0.25) is 0 Å². The molecule has 12 heteroatoms. The van der Waals surface area contributed by atoms with Crippen molar-refractivity contribution in [1.82, 2.24) is 19.9 Å². The Bertz CT molecular complexity index is 4490. The average Bonchev–Trinajstić information content (AvgIpc) is 1.61. The maximum Gasteiger partial charge on any atom is 0.255 e. The zero-order valence-electron chi connectivity index (χ0n) is 68.1. The number of carbonyl (C=O) groups is 2. The molecule has 6 aromatic carbocycles. The molecule has 2 aliphatic rings. The number of ether oxygens (including phenoxy) is 4. The highest BCUT2D eigenvalue weighted by Crippen LogP contribution is 2.44. The Morgan fingerprint density at radius 1 is 0.345 bits per heavy atom. The maximum absolute atomic E-state index is 14.0. The molecule has 0 saturated heterocycles.